The van der Waals surface area contributed by atoms with Crippen molar-refractivity contribution < 1.29 is 32.6 Å². The van der Waals surface area contributed by atoms with Crippen molar-refractivity contribution >= 4 is 17.5 Å². The first-order chi connectivity index (χ1) is 16.0. The van der Waals surface area contributed by atoms with Crippen LogP contribution in [0.5, 0.6) is 5.75 Å². The number of carbonyl (C=O) groups is 2. The standard InChI is InChI=1S/C24H34F3N3O4/c1-15-11-30(16(2)14-31)23(33)19-10-18(28-22(32)8-9-24(25,26)27)6-7-20(19)34-21(15)13-29(3)12-17-4-5-17/h6-7,10,15-17,21,31H,4-5,8-9,11-14H2,1-3H3,(H,28,32)/t15-,16+,21-/m1/s1. The zero-order chi connectivity index (χ0) is 25.0. The van der Waals surface area contributed by atoms with E-state index in [9.17, 15) is 27.9 Å². The van der Waals surface area contributed by atoms with E-state index in [1.807, 2.05) is 14.0 Å². The summed E-state index contributed by atoms with van der Waals surface area (Å²) in [6, 6.07) is 4.09. The third-order valence-electron chi connectivity index (χ3n) is 6.34. The van der Waals surface area contributed by atoms with Crippen molar-refractivity contribution in [2.24, 2.45) is 11.8 Å². The van der Waals surface area contributed by atoms with Gasteiger partial charge in [-0.05, 0) is 50.9 Å². The van der Waals surface area contributed by atoms with Gasteiger partial charge in [-0.1, -0.05) is 6.92 Å². The molecule has 10 heteroatoms. The average molecular weight is 486 g/mol. The maximum Gasteiger partial charge on any atom is 0.389 e. The smallest absolute Gasteiger partial charge is 0.389 e. The SMILES string of the molecule is C[C@@H]1CN([C@@H](C)CO)C(=O)c2cc(NC(=O)CCC(F)(F)F)ccc2O[C@@H]1CN(C)CC1CC1. The number of alkyl halides is 3. The van der Waals surface area contributed by atoms with Gasteiger partial charge in [0.15, 0.2) is 0 Å². The van der Waals surface area contributed by atoms with Gasteiger partial charge in [-0.15, -0.1) is 0 Å². The number of amides is 2. The van der Waals surface area contributed by atoms with E-state index in [2.05, 4.69) is 10.2 Å². The van der Waals surface area contributed by atoms with Crippen LogP contribution in [0.15, 0.2) is 18.2 Å². The van der Waals surface area contributed by atoms with Gasteiger partial charge in [-0.25, -0.2) is 0 Å². The minimum Gasteiger partial charge on any atom is -0.488 e. The third kappa shape index (κ3) is 7.33. The number of nitrogens with one attached hydrogen (secondary N) is 1. The number of fused-ring (bicyclic) bond motifs is 1. The Balaban J connectivity index is 1.83. The molecule has 1 aliphatic heterocycles. The molecule has 2 aliphatic rings. The molecule has 1 aliphatic carbocycles. The monoisotopic (exact) mass is 485 g/mol. The molecule has 190 valence electrons. The van der Waals surface area contributed by atoms with Gasteiger partial charge in [0, 0.05) is 37.7 Å². The molecule has 3 rings (SSSR count). The van der Waals surface area contributed by atoms with Crippen LogP contribution in [-0.2, 0) is 4.79 Å². The number of carbonyl (C=O) groups excluding carboxylic acids is 2. The summed E-state index contributed by atoms with van der Waals surface area (Å²) < 4.78 is 43.6. The molecule has 2 amide bonds. The van der Waals surface area contributed by atoms with Gasteiger partial charge in [0.05, 0.1) is 24.6 Å². The molecule has 2 N–H and O–H groups in total. The first kappa shape index (κ1) is 26.3. The number of aliphatic hydroxyl groups is 1. The van der Waals surface area contributed by atoms with Crippen molar-refractivity contribution in [2.45, 2.75) is 57.9 Å². The maximum absolute atomic E-state index is 13.4. The number of likely N-dealkylation sites (N-methyl/N-ethyl adjacent to an activating group) is 1. The molecule has 0 radical (unpaired) electrons. The number of hydrogen-bond acceptors (Lipinski definition) is 5. The molecule has 7 nitrogen and oxygen atoms in total. The largest absolute Gasteiger partial charge is 0.488 e. The number of benzene rings is 1. The summed E-state index contributed by atoms with van der Waals surface area (Å²) in [7, 11) is 2.05. The highest BCUT2D eigenvalue weighted by atomic mass is 19.4. The number of halogens is 3. The second-order valence-electron chi connectivity index (χ2n) is 9.66. The highest BCUT2D eigenvalue weighted by Crippen LogP contribution is 2.32. The van der Waals surface area contributed by atoms with Crippen LogP contribution in [0.25, 0.3) is 0 Å². The van der Waals surface area contributed by atoms with Crippen LogP contribution in [0.2, 0.25) is 0 Å². The second kappa shape index (κ2) is 10.9. The fourth-order valence-corrected chi connectivity index (χ4v) is 4.12. The molecule has 1 heterocycles. The number of hydrogen-bond donors (Lipinski definition) is 2. The van der Waals surface area contributed by atoms with Gasteiger partial charge in [0.1, 0.15) is 11.9 Å². The molecule has 0 spiro atoms. The van der Waals surface area contributed by atoms with Crippen molar-refractivity contribution in [3.63, 3.8) is 0 Å². The molecule has 0 aromatic heterocycles. The second-order valence-corrected chi connectivity index (χ2v) is 9.66. The first-order valence-corrected chi connectivity index (χ1v) is 11.7. The van der Waals surface area contributed by atoms with Crippen LogP contribution in [0, 0.1) is 11.8 Å². The number of nitrogens with zero attached hydrogens (tertiary/aromatic N) is 2. The van der Waals surface area contributed by atoms with Crippen LogP contribution in [0.3, 0.4) is 0 Å². The topological polar surface area (TPSA) is 82.1 Å². The first-order valence-electron chi connectivity index (χ1n) is 11.7. The molecular weight excluding hydrogens is 451 g/mol. The molecule has 1 aromatic carbocycles. The fraction of sp³-hybridized carbons (Fsp3) is 0.667. The molecule has 0 unspecified atom stereocenters. The normalized spacial score (nSPS) is 22.0. The van der Waals surface area contributed by atoms with E-state index in [1.54, 1.807) is 17.9 Å². The van der Waals surface area contributed by atoms with Gasteiger partial charge in [0.25, 0.3) is 5.91 Å². The summed E-state index contributed by atoms with van der Waals surface area (Å²) in [4.78, 5) is 29.2. The van der Waals surface area contributed by atoms with Crippen LogP contribution < -0.4 is 10.1 Å². The number of aliphatic hydroxyl groups excluding tert-OH is 1. The molecule has 3 atom stereocenters. The lowest BCUT2D eigenvalue weighted by molar-refractivity contribution is -0.142. The zero-order valence-electron chi connectivity index (χ0n) is 19.9. The van der Waals surface area contributed by atoms with E-state index >= 15 is 0 Å². The summed E-state index contributed by atoms with van der Waals surface area (Å²) in [6.07, 6.45) is -4.08. The van der Waals surface area contributed by atoms with E-state index in [4.69, 9.17) is 4.74 Å². The van der Waals surface area contributed by atoms with E-state index in [0.29, 0.717) is 18.8 Å². The van der Waals surface area contributed by atoms with Crippen molar-refractivity contribution in [3.8, 4) is 5.75 Å². The van der Waals surface area contributed by atoms with Gasteiger partial charge in [-0.2, -0.15) is 13.2 Å². The van der Waals surface area contributed by atoms with Crippen molar-refractivity contribution in [1.29, 1.82) is 0 Å². The quantitative estimate of drug-likeness (QED) is 0.559. The van der Waals surface area contributed by atoms with E-state index in [0.717, 1.165) is 12.5 Å². The molecule has 0 saturated heterocycles. The molecule has 1 aromatic rings. The number of anilines is 1. The molecule has 0 bridgehead atoms. The summed E-state index contributed by atoms with van der Waals surface area (Å²) in [6.45, 7) is 5.59. The molecule has 1 fully saturated rings. The Morgan fingerprint density at radius 1 is 1.32 bits per heavy atom. The minimum atomic E-state index is -4.42. The highest BCUT2D eigenvalue weighted by Gasteiger charge is 2.34. The lowest BCUT2D eigenvalue weighted by atomic mass is 9.99. The van der Waals surface area contributed by atoms with Crippen LogP contribution in [0.4, 0.5) is 18.9 Å². The predicted octanol–water partition coefficient (Wildman–Crippen LogP) is 3.53. The van der Waals surface area contributed by atoms with Crippen molar-refractivity contribution in [2.75, 3.05) is 38.6 Å². The summed E-state index contributed by atoms with van der Waals surface area (Å²) in [5, 5.41) is 12.2. The van der Waals surface area contributed by atoms with Crippen molar-refractivity contribution in [3.05, 3.63) is 23.8 Å². The highest BCUT2D eigenvalue weighted by molar-refractivity contribution is 5.99. The summed E-state index contributed by atoms with van der Waals surface area (Å²) >= 11 is 0. The summed E-state index contributed by atoms with van der Waals surface area (Å²) in [5.41, 5.74) is 0.422. The molecular formula is C24H34F3N3O4. The van der Waals surface area contributed by atoms with E-state index in [-0.39, 0.29) is 35.8 Å². The van der Waals surface area contributed by atoms with Crippen molar-refractivity contribution in [1.82, 2.24) is 9.80 Å². The van der Waals surface area contributed by atoms with E-state index in [1.165, 1.54) is 25.0 Å². The van der Waals surface area contributed by atoms with Crippen LogP contribution in [0.1, 0.15) is 49.9 Å². The Kier molecular flexibility index (Phi) is 8.46. The zero-order valence-corrected chi connectivity index (χ0v) is 19.9. The Bertz CT molecular complexity index is 876. The Morgan fingerprint density at radius 2 is 2.03 bits per heavy atom. The average Bonchev–Trinajstić information content (AvgIpc) is 3.58. The Labute approximate surface area is 198 Å². The lowest BCUT2D eigenvalue weighted by Gasteiger charge is -2.38. The fourth-order valence-electron chi connectivity index (χ4n) is 4.12. The Hall–Kier alpha value is -2.33. The number of ether oxygens (including phenoxy) is 1. The van der Waals surface area contributed by atoms with Crippen LogP contribution in [-0.4, -0.2) is 78.3 Å². The lowest BCUT2D eigenvalue weighted by Crippen LogP contribution is -2.50. The molecule has 1 saturated carbocycles. The Morgan fingerprint density at radius 3 is 2.65 bits per heavy atom. The minimum absolute atomic E-state index is 0.00509. The van der Waals surface area contributed by atoms with Gasteiger partial charge < -0.3 is 25.0 Å². The molecule has 34 heavy (non-hydrogen) atoms. The summed E-state index contributed by atoms with van der Waals surface area (Å²) in [5.74, 6) is -0.0821. The van der Waals surface area contributed by atoms with Gasteiger partial charge in [0.2, 0.25) is 5.91 Å². The van der Waals surface area contributed by atoms with Crippen LogP contribution >= 0.6 is 0 Å². The van der Waals surface area contributed by atoms with Gasteiger partial charge >= 0.3 is 6.18 Å². The maximum atomic E-state index is 13.4. The van der Waals surface area contributed by atoms with E-state index < -0.39 is 31.0 Å². The van der Waals surface area contributed by atoms with Gasteiger partial charge in [-0.3, -0.25) is 9.59 Å². The predicted molar refractivity (Wildman–Crippen MR) is 122 cm³/mol. The number of rotatable bonds is 9. The third-order valence-corrected chi connectivity index (χ3v) is 6.34.